The highest BCUT2D eigenvalue weighted by molar-refractivity contribution is 5.98. The van der Waals surface area contributed by atoms with Gasteiger partial charge in [-0.2, -0.15) is 0 Å². The predicted molar refractivity (Wildman–Crippen MR) is 113 cm³/mol. The number of aryl methyl sites for hydroxylation is 2. The summed E-state index contributed by atoms with van der Waals surface area (Å²) in [7, 11) is 6.30. The number of rotatable bonds is 9. The number of hydrogen-bond donors (Lipinski definition) is 1. The Bertz CT molecular complexity index is 849. The Hall–Kier alpha value is -2.73. The summed E-state index contributed by atoms with van der Waals surface area (Å²) in [6.45, 7) is 4.66. The molecule has 0 fully saturated rings. The van der Waals surface area contributed by atoms with Crippen LogP contribution in [0.1, 0.15) is 39.4 Å². The van der Waals surface area contributed by atoms with Gasteiger partial charge in [-0.15, -0.1) is 0 Å². The molecule has 1 amide bonds. The van der Waals surface area contributed by atoms with Crippen molar-refractivity contribution in [2.45, 2.75) is 26.2 Å². The maximum absolute atomic E-state index is 13.2. The fourth-order valence-corrected chi connectivity index (χ4v) is 3.43. The number of carbonyl (C=O) groups is 1. The van der Waals surface area contributed by atoms with E-state index in [-0.39, 0.29) is 18.4 Å². The van der Waals surface area contributed by atoms with Crippen molar-refractivity contribution < 1.29 is 24.1 Å². The minimum atomic E-state index is -0.186. The van der Waals surface area contributed by atoms with Gasteiger partial charge in [0.15, 0.2) is 11.5 Å². The van der Waals surface area contributed by atoms with E-state index in [9.17, 15) is 9.90 Å². The van der Waals surface area contributed by atoms with E-state index in [1.807, 2.05) is 0 Å². The van der Waals surface area contributed by atoms with Crippen LogP contribution in [0.25, 0.3) is 0 Å². The first-order chi connectivity index (χ1) is 13.9. The number of amides is 1. The van der Waals surface area contributed by atoms with Gasteiger partial charge in [0.2, 0.25) is 5.75 Å². The van der Waals surface area contributed by atoms with Gasteiger partial charge < -0.3 is 24.2 Å². The molecule has 0 saturated heterocycles. The Morgan fingerprint density at radius 3 is 2.24 bits per heavy atom. The molecular weight excluding hydrogens is 370 g/mol. The monoisotopic (exact) mass is 401 g/mol. The minimum Gasteiger partial charge on any atom is -0.493 e. The van der Waals surface area contributed by atoms with E-state index < -0.39 is 0 Å². The third kappa shape index (κ3) is 5.01. The summed E-state index contributed by atoms with van der Waals surface area (Å²) in [5.74, 6) is 1.06. The van der Waals surface area contributed by atoms with Crippen LogP contribution in [0.5, 0.6) is 17.2 Å². The van der Waals surface area contributed by atoms with Crippen molar-refractivity contribution in [3.05, 3.63) is 52.6 Å². The van der Waals surface area contributed by atoms with E-state index in [0.717, 1.165) is 5.56 Å². The number of likely N-dealkylation sites (N-methyl/N-ethyl adjacent to an activating group) is 1. The van der Waals surface area contributed by atoms with Gasteiger partial charge in [0.05, 0.1) is 26.9 Å². The number of nitrogens with zero attached hydrogens (tertiary/aromatic N) is 1. The van der Waals surface area contributed by atoms with Gasteiger partial charge in [-0.05, 0) is 49.1 Å². The summed E-state index contributed by atoms with van der Waals surface area (Å²) in [6, 6.07) is 9.64. The zero-order valence-electron chi connectivity index (χ0n) is 18.1. The topological polar surface area (TPSA) is 68.2 Å². The van der Waals surface area contributed by atoms with E-state index in [0.29, 0.717) is 35.8 Å². The Labute approximate surface area is 173 Å². The molecule has 0 bridgehead atoms. The number of ether oxygens (including phenoxy) is 3. The molecule has 0 heterocycles. The highest BCUT2D eigenvalue weighted by Gasteiger charge is 2.25. The summed E-state index contributed by atoms with van der Waals surface area (Å²) in [5.41, 5.74) is 3.92. The van der Waals surface area contributed by atoms with Crippen LogP contribution in [0.3, 0.4) is 0 Å². The predicted octanol–water partition coefficient (Wildman–Crippen LogP) is 3.57. The molecule has 0 spiro atoms. The lowest BCUT2D eigenvalue weighted by molar-refractivity contribution is 0.0777. The van der Waals surface area contributed by atoms with Crippen molar-refractivity contribution in [3.63, 3.8) is 0 Å². The van der Waals surface area contributed by atoms with E-state index in [2.05, 4.69) is 32.0 Å². The van der Waals surface area contributed by atoms with E-state index in [1.165, 1.54) is 32.5 Å². The van der Waals surface area contributed by atoms with Gasteiger partial charge in [-0.1, -0.05) is 18.2 Å². The highest BCUT2D eigenvalue weighted by Crippen LogP contribution is 2.40. The number of aliphatic hydroxyl groups excluding tert-OH is 1. The van der Waals surface area contributed by atoms with E-state index >= 15 is 0 Å². The fourth-order valence-electron chi connectivity index (χ4n) is 3.43. The normalized spacial score (nSPS) is 11.7. The molecule has 0 radical (unpaired) electrons. The number of aliphatic hydroxyl groups is 1. The summed E-state index contributed by atoms with van der Waals surface area (Å²) in [4.78, 5) is 14.8. The van der Waals surface area contributed by atoms with Crippen LogP contribution in [0, 0.1) is 13.8 Å². The quantitative estimate of drug-likeness (QED) is 0.696. The first kappa shape index (κ1) is 22.6. The minimum absolute atomic E-state index is 0.0272. The van der Waals surface area contributed by atoms with Crippen LogP contribution in [0.15, 0.2) is 30.3 Å². The summed E-state index contributed by atoms with van der Waals surface area (Å²) in [5, 5.41) is 9.54. The molecule has 1 N–H and O–H groups in total. The Balaban J connectivity index is 2.31. The Morgan fingerprint density at radius 2 is 1.69 bits per heavy atom. The summed E-state index contributed by atoms with van der Waals surface area (Å²) >= 11 is 0. The molecule has 0 aliphatic carbocycles. The number of carbonyl (C=O) groups excluding carboxylic acids is 1. The lowest BCUT2D eigenvalue weighted by Crippen LogP contribution is -2.32. The summed E-state index contributed by atoms with van der Waals surface area (Å²) < 4.78 is 16.1. The van der Waals surface area contributed by atoms with Crippen LogP contribution in [0.2, 0.25) is 0 Å². The number of hydrogen-bond acceptors (Lipinski definition) is 5. The first-order valence-electron chi connectivity index (χ1n) is 9.60. The van der Waals surface area contributed by atoms with Gasteiger partial charge >= 0.3 is 0 Å². The first-order valence-corrected chi connectivity index (χ1v) is 9.60. The van der Waals surface area contributed by atoms with Crippen molar-refractivity contribution in [1.82, 2.24) is 4.90 Å². The van der Waals surface area contributed by atoms with Crippen molar-refractivity contribution in [3.8, 4) is 17.2 Å². The third-order valence-corrected chi connectivity index (χ3v) is 5.26. The third-order valence-electron chi connectivity index (χ3n) is 5.26. The van der Waals surface area contributed by atoms with Gasteiger partial charge in [-0.3, -0.25) is 4.79 Å². The van der Waals surface area contributed by atoms with Gasteiger partial charge in [0, 0.05) is 26.1 Å². The molecule has 1 unspecified atom stereocenters. The molecule has 2 aromatic carbocycles. The molecule has 0 aliphatic rings. The average molecular weight is 402 g/mol. The largest absolute Gasteiger partial charge is 0.493 e. The molecule has 6 heteroatoms. The maximum Gasteiger partial charge on any atom is 0.257 e. The lowest BCUT2D eigenvalue weighted by atomic mass is 9.92. The lowest BCUT2D eigenvalue weighted by Gasteiger charge is -2.26. The number of methoxy groups -OCH3 is 3. The van der Waals surface area contributed by atoms with Gasteiger partial charge in [0.25, 0.3) is 5.91 Å². The molecule has 29 heavy (non-hydrogen) atoms. The Kier molecular flexibility index (Phi) is 7.91. The van der Waals surface area contributed by atoms with E-state index in [1.54, 1.807) is 24.1 Å². The van der Waals surface area contributed by atoms with Crippen molar-refractivity contribution in [2.75, 3.05) is 41.5 Å². The standard InChI is InChI=1S/C23H31NO5/c1-15-7-8-17(13-16(15)2)18(11-12-25)14-24(3)23(26)19-9-10-20(27-4)22(29-6)21(19)28-5/h7-10,13,18,25H,11-12,14H2,1-6H3. The maximum atomic E-state index is 13.2. The molecule has 0 aromatic heterocycles. The Morgan fingerprint density at radius 1 is 1.00 bits per heavy atom. The molecule has 0 saturated carbocycles. The zero-order valence-corrected chi connectivity index (χ0v) is 18.1. The fraction of sp³-hybridized carbons (Fsp3) is 0.435. The molecule has 0 aliphatic heterocycles. The molecule has 1 atom stereocenters. The highest BCUT2D eigenvalue weighted by atomic mass is 16.5. The second-order valence-corrected chi connectivity index (χ2v) is 7.12. The molecular formula is C23H31NO5. The molecule has 2 rings (SSSR count). The average Bonchev–Trinajstić information content (AvgIpc) is 2.73. The van der Waals surface area contributed by atoms with Crippen LogP contribution < -0.4 is 14.2 Å². The second kappa shape index (κ2) is 10.2. The van der Waals surface area contributed by atoms with Crippen LogP contribution >= 0.6 is 0 Å². The number of benzene rings is 2. The van der Waals surface area contributed by atoms with Crippen LogP contribution in [0.4, 0.5) is 0 Å². The molecule has 2 aromatic rings. The van der Waals surface area contributed by atoms with E-state index in [4.69, 9.17) is 14.2 Å². The molecule has 158 valence electrons. The van der Waals surface area contributed by atoms with Crippen LogP contribution in [-0.4, -0.2) is 57.4 Å². The SMILES string of the molecule is COc1ccc(C(=O)N(C)CC(CCO)c2ccc(C)c(C)c2)c(OC)c1OC. The second-order valence-electron chi connectivity index (χ2n) is 7.12. The zero-order chi connectivity index (χ0) is 21.6. The summed E-state index contributed by atoms with van der Waals surface area (Å²) in [6.07, 6.45) is 0.573. The van der Waals surface area contributed by atoms with Crippen LogP contribution in [-0.2, 0) is 0 Å². The van der Waals surface area contributed by atoms with Crippen molar-refractivity contribution in [1.29, 1.82) is 0 Å². The van der Waals surface area contributed by atoms with Gasteiger partial charge in [0.1, 0.15) is 0 Å². The van der Waals surface area contributed by atoms with Gasteiger partial charge in [-0.25, -0.2) is 0 Å². The molecule has 6 nitrogen and oxygen atoms in total. The van der Waals surface area contributed by atoms with Crippen molar-refractivity contribution >= 4 is 5.91 Å². The smallest absolute Gasteiger partial charge is 0.257 e. The van der Waals surface area contributed by atoms with Crippen molar-refractivity contribution in [2.24, 2.45) is 0 Å².